The highest BCUT2D eigenvalue weighted by Crippen LogP contribution is 2.38. The molecule has 0 fully saturated rings. The van der Waals surface area contributed by atoms with Crippen LogP contribution in [0.1, 0.15) is 0 Å². The fourth-order valence-electron chi connectivity index (χ4n) is 3.15. The highest BCUT2D eigenvalue weighted by atomic mass is 79.9. The smallest absolute Gasteiger partial charge is 0.261 e. The normalized spacial score (nSPS) is 12.0. The van der Waals surface area contributed by atoms with Gasteiger partial charge in [0.2, 0.25) is 0 Å². The van der Waals surface area contributed by atoms with Gasteiger partial charge in [0, 0.05) is 19.7 Å². The summed E-state index contributed by atoms with van der Waals surface area (Å²) < 4.78 is 58.3. The average Bonchev–Trinajstić information content (AvgIpc) is 2.77. The van der Waals surface area contributed by atoms with Gasteiger partial charge in [-0.1, -0.05) is 67.7 Å². The van der Waals surface area contributed by atoms with Gasteiger partial charge < -0.3 is 0 Å². The molecule has 0 radical (unpaired) electrons. The van der Waals surface area contributed by atoms with E-state index < -0.39 is 20.0 Å². The molecule has 0 saturated heterocycles. The summed E-state index contributed by atoms with van der Waals surface area (Å²) in [4.78, 5) is 0.136. The summed E-state index contributed by atoms with van der Waals surface area (Å²) in [5.74, 6) is 0. The SMILES string of the molecule is O=S(=O)(Nc1cc(Cl)c(NS(=O)(=O)c2ccc(Br)cc2)c2ccccc12)c1ccc(Br)cc1. The van der Waals surface area contributed by atoms with Crippen LogP contribution < -0.4 is 9.44 Å². The Balaban J connectivity index is 1.77. The minimum Gasteiger partial charge on any atom is -0.279 e. The molecule has 4 rings (SSSR count). The van der Waals surface area contributed by atoms with Crippen LogP contribution in [0, 0.1) is 0 Å². The van der Waals surface area contributed by atoms with Crippen molar-refractivity contribution in [3.05, 3.63) is 92.8 Å². The number of hydrogen-bond donors (Lipinski definition) is 2. The van der Waals surface area contributed by atoms with Crippen molar-refractivity contribution in [1.82, 2.24) is 0 Å². The Labute approximate surface area is 213 Å². The summed E-state index contributed by atoms with van der Waals surface area (Å²) in [7, 11) is -7.84. The van der Waals surface area contributed by atoms with E-state index >= 15 is 0 Å². The third-order valence-corrected chi connectivity index (χ3v) is 8.83. The number of sulfonamides is 2. The molecule has 0 aliphatic carbocycles. The van der Waals surface area contributed by atoms with Gasteiger partial charge in [-0.15, -0.1) is 0 Å². The van der Waals surface area contributed by atoms with Crippen molar-refractivity contribution in [3.63, 3.8) is 0 Å². The molecule has 0 heterocycles. The van der Waals surface area contributed by atoms with Crippen molar-refractivity contribution in [3.8, 4) is 0 Å². The molecule has 6 nitrogen and oxygen atoms in total. The first-order valence-electron chi connectivity index (χ1n) is 9.35. The van der Waals surface area contributed by atoms with Gasteiger partial charge in [0.1, 0.15) is 0 Å². The monoisotopic (exact) mass is 628 g/mol. The quantitative estimate of drug-likeness (QED) is 0.251. The van der Waals surface area contributed by atoms with E-state index in [1.807, 2.05) is 0 Å². The van der Waals surface area contributed by atoms with Crippen LogP contribution in [-0.4, -0.2) is 16.8 Å². The van der Waals surface area contributed by atoms with Crippen LogP contribution in [0.3, 0.4) is 0 Å². The summed E-state index contributed by atoms with van der Waals surface area (Å²) in [6.07, 6.45) is 0. The maximum Gasteiger partial charge on any atom is 0.261 e. The zero-order valence-corrected chi connectivity index (χ0v) is 22.1. The Morgan fingerprint density at radius 2 is 1.09 bits per heavy atom. The number of anilines is 2. The molecule has 33 heavy (non-hydrogen) atoms. The summed E-state index contributed by atoms with van der Waals surface area (Å²) in [6.45, 7) is 0. The van der Waals surface area contributed by atoms with E-state index in [9.17, 15) is 16.8 Å². The predicted octanol–water partition coefficient (Wildman–Crippen LogP) is 6.62. The van der Waals surface area contributed by atoms with Crippen molar-refractivity contribution < 1.29 is 16.8 Å². The molecule has 0 spiro atoms. The van der Waals surface area contributed by atoms with E-state index in [0.717, 1.165) is 8.95 Å². The second kappa shape index (κ2) is 9.27. The van der Waals surface area contributed by atoms with Crippen molar-refractivity contribution in [1.29, 1.82) is 0 Å². The first-order valence-corrected chi connectivity index (χ1v) is 14.3. The number of nitrogens with one attached hydrogen (secondary N) is 2. The van der Waals surface area contributed by atoms with Gasteiger partial charge in [-0.3, -0.25) is 9.44 Å². The fourth-order valence-corrected chi connectivity index (χ4v) is 6.17. The van der Waals surface area contributed by atoms with Crippen LogP contribution in [0.25, 0.3) is 10.8 Å². The van der Waals surface area contributed by atoms with E-state index in [1.54, 1.807) is 48.5 Å². The summed E-state index contributed by atoms with van der Waals surface area (Å²) in [5, 5.41) is 0.971. The number of rotatable bonds is 6. The maximum absolute atomic E-state index is 12.9. The largest absolute Gasteiger partial charge is 0.279 e. The molecule has 0 aliphatic rings. The van der Waals surface area contributed by atoms with Crippen LogP contribution in [0.15, 0.2) is 97.6 Å². The standard InChI is InChI=1S/C22H15Br2ClN2O4S2/c23-14-5-9-16(10-6-14)32(28,29)26-21-13-20(25)22(19-4-2-1-3-18(19)21)27-33(30,31)17-11-7-15(24)8-12-17/h1-13,26-27H. The van der Waals surface area contributed by atoms with Crippen molar-refractivity contribution in [2.75, 3.05) is 9.44 Å². The van der Waals surface area contributed by atoms with Gasteiger partial charge >= 0.3 is 0 Å². The lowest BCUT2D eigenvalue weighted by molar-refractivity contribution is 0.599. The molecule has 2 N–H and O–H groups in total. The summed E-state index contributed by atoms with van der Waals surface area (Å²) >= 11 is 13.0. The topological polar surface area (TPSA) is 92.3 Å². The lowest BCUT2D eigenvalue weighted by Gasteiger charge is -2.17. The zero-order chi connectivity index (χ0) is 23.8. The molecule has 0 aliphatic heterocycles. The van der Waals surface area contributed by atoms with Gasteiger partial charge in [-0.05, 0) is 54.6 Å². The van der Waals surface area contributed by atoms with Gasteiger partial charge in [0.25, 0.3) is 20.0 Å². The average molecular weight is 631 g/mol. The van der Waals surface area contributed by atoms with Crippen LogP contribution in [-0.2, 0) is 20.0 Å². The van der Waals surface area contributed by atoms with Crippen LogP contribution in [0.4, 0.5) is 11.4 Å². The molecule has 11 heteroatoms. The third kappa shape index (κ3) is 5.20. The third-order valence-electron chi connectivity index (χ3n) is 4.73. The highest BCUT2D eigenvalue weighted by Gasteiger charge is 2.21. The van der Waals surface area contributed by atoms with Crippen molar-refractivity contribution in [2.24, 2.45) is 0 Å². The number of hydrogen-bond acceptors (Lipinski definition) is 4. The van der Waals surface area contributed by atoms with Gasteiger partial charge in [0.15, 0.2) is 0 Å². The summed E-state index contributed by atoms with van der Waals surface area (Å²) in [5.41, 5.74) is 0.381. The second-order valence-corrected chi connectivity index (χ2v) is 12.5. The molecule has 0 unspecified atom stereocenters. The number of benzene rings is 4. The van der Waals surface area contributed by atoms with Crippen LogP contribution in [0.2, 0.25) is 5.02 Å². The van der Waals surface area contributed by atoms with E-state index in [1.165, 1.54) is 30.3 Å². The zero-order valence-electron chi connectivity index (χ0n) is 16.6. The van der Waals surface area contributed by atoms with Gasteiger partial charge in [0.05, 0.1) is 26.2 Å². The highest BCUT2D eigenvalue weighted by molar-refractivity contribution is 9.10. The Morgan fingerprint density at radius 3 is 1.61 bits per heavy atom. The summed E-state index contributed by atoms with van der Waals surface area (Å²) in [6, 6.07) is 20.5. The molecule has 4 aromatic rings. The van der Waals surface area contributed by atoms with Crippen LogP contribution >= 0.6 is 43.5 Å². The van der Waals surface area contributed by atoms with Gasteiger partial charge in [-0.25, -0.2) is 16.8 Å². The van der Waals surface area contributed by atoms with E-state index in [0.29, 0.717) is 10.8 Å². The lowest BCUT2D eigenvalue weighted by Crippen LogP contribution is -2.15. The molecule has 0 atom stereocenters. The predicted molar refractivity (Wildman–Crippen MR) is 139 cm³/mol. The lowest BCUT2D eigenvalue weighted by atomic mass is 10.1. The molecule has 0 amide bonds. The first-order chi connectivity index (χ1) is 15.6. The van der Waals surface area contributed by atoms with Crippen molar-refractivity contribution in [2.45, 2.75) is 9.79 Å². The molecular formula is C22H15Br2ClN2O4S2. The minimum absolute atomic E-state index is 0.0443. The number of fused-ring (bicyclic) bond motifs is 1. The van der Waals surface area contributed by atoms with E-state index in [4.69, 9.17) is 11.6 Å². The maximum atomic E-state index is 12.9. The molecule has 4 aromatic carbocycles. The fraction of sp³-hybridized carbons (Fsp3) is 0. The Morgan fingerprint density at radius 1 is 0.636 bits per heavy atom. The molecular weight excluding hydrogens is 616 g/mol. The Kier molecular flexibility index (Phi) is 6.75. The molecule has 170 valence electrons. The minimum atomic E-state index is -3.94. The Hall–Kier alpha value is -2.11. The van der Waals surface area contributed by atoms with E-state index in [2.05, 4.69) is 41.3 Å². The van der Waals surface area contributed by atoms with Crippen LogP contribution in [0.5, 0.6) is 0 Å². The van der Waals surface area contributed by atoms with Gasteiger partial charge in [-0.2, -0.15) is 0 Å². The number of halogens is 3. The Bertz CT molecular complexity index is 1560. The molecule has 0 saturated carbocycles. The van der Waals surface area contributed by atoms with E-state index in [-0.39, 0.29) is 26.2 Å². The van der Waals surface area contributed by atoms with Crippen molar-refractivity contribution >= 4 is 85.7 Å². The second-order valence-electron chi connectivity index (χ2n) is 6.95. The molecule has 0 aromatic heterocycles. The molecule has 0 bridgehead atoms. The first kappa shape index (κ1) is 24.0.